The van der Waals surface area contributed by atoms with Crippen LogP contribution in [0.1, 0.15) is 26.2 Å². The largest absolute Gasteiger partial charge is 0.493 e. The molecule has 1 saturated heterocycles. The number of likely N-dealkylation sites (tertiary alicyclic amines) is 1. The summed E-state index contributed by atoms with van der Waals surface area (Å²) in [6.45, 7) is 2.97. The van der Waals surface area contributed by atoms with Crippen molar-refractivity contribution in [2.45, 2.75) is 32.2 Å². The number of hydrogen-bond acceptors (Lipinski definition) is 5. The van der Waals surface area contributed by atoms with Crippen LogP contribution < -0.4 is 13.8 Å². The monoisotopic (exact) mass is 370 g/mol. The summed E-state index contributed by atoms with van der Waals surface area (Å²) in [4.78, 5) is 14.5. The van der Waals surface area contributed by atoms with E-state index >= 15 is 0 Å². The van der Waals surface area contributed by atoms with Crippen molar-refractivity contribution in [1.29, 1.82) is 0 Å². The van der Waals surface area contributed by atoms with Crippen LogP contribution in [-0.4, -0.2) is 58.8 Å². The number of rotatable bonds is 6. The fraction of sp³-hybridized carbons (Fsp3) is 0.588. The predicted octanol–water partition coefficient (Wildman–Crippen LogP) is 1.87. The van der Waals surface area contributed by atoms with Gasteiger partial charge in [0.1, 0.15) is 6.04 Å². The van der Waals surface area contributed by atoms with Crippen molar-refractivity contribution >= 4 is 21.6 Å². The zero-order valence-corrected chi connectivity index (χ0v) is 16.0. The van der Waals surface area contributed by atoms with Gasteiger partial charge in [-0.15, -0.1) is 0 Å². The molecule has 8 heteroatoms. The van der Waals surface area contributed by atoms with E-state index in [1.165, 1.54) is 14.2 Å². The Hall–Kier alpha value is -1.96. The van der Waals surface area contributed by atoms with Crippen LogP contribution in [0.4, 0.5) is 5.69 Å². The maximum Gasteiger partial charge on any atom is 0.246 e. The highest BCUT2D eigenvalue weighted by molar-refractivity contribution is 7.92. The van der Waals surface area contributed by atoms with Crippen molar-refractivity contribution in [2.24, 2.45) is 0 Å². The number of methoxy groups -OCH3 is 2. The Morgan fingerprint density at radius 2 is 1.72 bits per heavy atom. The van der Waals surface area contributed by atoms with E-state index in [4.69, 9.17) is 9.47 Å². The molecule has 1 fully saturated rings. The van der Waals surface area contributed by atoms with Crippen LogP contribution in [0.2, 0.25) is 0 Å². The Kier molecular flexibility index (Phi) is 6.16. The number of hydrogen-bond donors (Lipinski definition) is 0. The highest BCUT2D eigenvalue weighted by Crippen LogP contribution is 2.33. The lowest BCUT2D eigenvalue weighted by Crippen LogP contribution is -2.50. The second kappa shape index (κ2) is 7.95. The molecule has 0 saturated carbocycles. The van der Waals surface area contributed by atoms with Crippen molar-refractivity contribution in [3.8, 4) is 11.5 Å². The van der Waals surface area contributed by atoms with E-state index in [2.05, 4.69) is 0 Å². The number of amides is 1. The summed E-state index contributed by atoms with van der Waals surface area (Å²) in [7, 11) is -0.667. The molecule has 0 radical (unpaired) electrons. The lowest BCUT2D eigenvalue weighted by molar-refractivity contribution is -0.132. The molecule has 0 aromatic heterocycles. The van der Waals surface area contributed by atoms with Crippen LogP contribution in [0.5, 0.6) is 11.5 Å². The highest BCUT2D eigenvalue weighted by Gasteiger charge is 2.33. The topological polar surface area (TPSA) is 76.2 Å². The molecule has 0 spiro atoms. The lowest BCUT2D eigenvalue weighted by atomic mass is 10.1. The highest BCUT2D eigenvalue weighted by atomic mass is 32.2. The molecular weight excluding hydrogens is 344 g/mol. The second-order valence-corrected chi connectivity index (χ2v) is 8.02. The molecule has 1 amide bonds. The van der Waals surface area contributed by atoms with Crippen LogP contribution in [0.15, 0.2) is 18.2 Å². The number of ether oxygens (including phenoxy) is 2. The zero-order valence-electron chi connectivity index (χ0n) is 15.2. The van der Waals surface area contributed by atoms with Gasteiger partial charge in [-0.25, -0.2) is 8.42 Å². The quantitative estimate of drug-likeness (QED) is 0.764. The number of carbonyl (C=O) groups excluding carboxylic acids is 1. The minimum absolute atomic E-state index is 0.181. The fourth-order valence-corrected chi connectivity index (χ4v) is 4.30. The van der Waals surface area contributed by atoms with Crippen molar-refractivity contribution in [1.82, 2.24) is 4.90 Å². The van der Waals surface area contributed by atoms with Crippen molar-refractivity contribution in [3.63, 3.8) is 0 Å². The maximum atomic E-state index is 12.8. The minimum atomic E-state index is -3.66. The molecule has 140 valence electrons. The van der Waals surface area contributed by atoms with E-state index in [-0.39, 0.29) is 5.91 Å². The molecule has 1 aromatic rings. The van der Waals surface area contributed by atoms with Crippen LogP contribution in [0, 0.1) is 0 Å². The predicted molar refractivity (Wildman–Crippen MR) is 96.8 cm³/mol. The molecule has 1 atom stereocenters. The van der Waals surface area contributed by atoms with Crippen LogP contribution in [-0.2, 0) is 14.8 Å². The standard InChI is InChI=1S/C17H26N2O5S/c1-13(17(20)18-10-6-5-7-11-18)19(25(4,21)22)14-8-9-15(23-2)16(12-14)24-3/h8-9,12-13H,5-7,10-11H2,1-4H3/t13-/m0/s1. The van der Waals surface area contributed by atoms with E-state index in [0.717, 1.165) is 29.8 Å². The molecule has 1 aliphatic rings. The van der Waals surface area contributed by atoms with Gasteiger partial charge in [0.05, 0.1) is 26.2 Å². The van der Waals surface area contributed by atoms with Gasteiger partial charge < -0.3 is 14.4 Å². The molecule has 0 bridgehead atoms. The average molecular weight is 370 g/mol. The molecule has 1 heterocycles. The number of nitrogens with zero attached hydrogens (tertiary/aromatic N) is 2. The van der Waals surface area contributed by atoms with Gasteiger partial charge >= 0.3 is 0 Å². The summed E-state index contributed by atoms with van der Waals surface area (Å²) in [5.74, 6) is 0.723. The average Bonchev–Trinajstić information content (AvgIpc) is 2.60. The summed E-state index contributed by atoms with van der Waals surface area (Å²) in [5.41, 5.74) is 0.373. The number of benzene rings is 1. The van der Waals surface area contributed by atoms with Crippen LogP contribution >= 0.6 is 0 Å². The molecule has 0 unspecified atom stereocenters. The molecule has 0 N–H and O–H groups in total. The van der Waals surface area contributed by atoms with E-state index in [1.807, 2.05) is 0 Å². The first-order valence-corrected chi connectivity index (χ1v) is 10.1. The SMILES string of the molecule is COc1ccc(N([C@@H](C)C(=O)N2CCCCC2)S(C)(=O)=O)cc1OC. The maximum absolute atomic E-state index is 12.8. The summed E-state index contributed by atoms with van der Waals surface area (Å²) in [6, 6.07) is 3.98. The Balaban J connectivity index is 2.38. The van der Waals surface area contributed by atoms with Crippen LogP contribution in [0.25, 0.3) is 0 Å². The smallest absolute Gasteiger partial charge is 0.246 e. The Morgan fingerprint density at radius 3 is 2.24 bits per heavy atom. The van der Waals surface area contributed by atoms with Crippen molar-refractivity contribution in [3.05, 3.63) is 18.2 Å². The molecule has 0 aliphatic carbocycles. The summed E-state index contributed by atoms with van der Waals surface area (Å²) in [5, 5.41) is 0. The molecule has 2 rings (SSSR count). The van der Waals surface area contributed by atoms with E-state index in [9.17, 15) is 13.2 Å². The van der Waals surface area contributed by atoms with E-state index in [1.54, 1.807) is 30.0 Å². The first-order chi connectivity index (χ1) is 11.8. The Morgan fingerprint density at radius 1 is 1.12 bits per heavy atom. The first kappa shape index (κ1) is 19.4. The van der Waals surface area contributed by atoms with Gasteiger partial charge in [0.2, 0.25) is 15.9 Å². The van der Waals surface area contributed by atoms with Gasteiger partial charge in [0.15, 0.2) is 11.5 Å². The van der Waals surface area contributed by atoms with E-state index in [0.29, 0.717) is 30.3 Å². The minimum Gasteiger partial charge on any atom is -0.493 e. The first-order valence-electron chi connectivity index (χ1n) is 8.29. The van der Waals surface area contributed by atoms with Gasteiger partial charge in [0, 0.05) is 19.2 Å². The molecule has 1 aromatic carbocycles. The zero-order chi connectivity index (χ0) is 18.6. The Labute approximate surface area is 149 Å². The Bertz CT molecular complexity index is 714. The van der Waals surface area contributed by atoms with Crippen LogP contribution in [0.3, 0.4) is 0 Å². The van der Waals surface area contributed by atoms with Gasteiger partial charge in [-0.2, -0.15) is 0 Å². The summed E-state index contributed by atoms with van der Waals surface area (Å²) < 4.78 is 36.4. The second-order valence-electron chi connectivity index (χ2n) is 6.16. The third kappa shape index (κ3) is 4.36. The number of piperidine rings is 1. The number of sulfonamides is 1. The van der Waals surface area contributed by atoms with Crippen molar-refractivity contribution in [2.75, 3.05) is 37.9 Å². The molecule has 1 aliphatic heterocycles. The van der Waals surface area contributed by atoms with Gasteiger partial charge in [-0.3, -0.25) is 9.10 Å². The van der Waals surface area contributed by atoms with Gasteiger partial charge in [-0.1, -0.05) is 0 Å². The third-order valence-corrected chi connectivity index (χ3v) is 5.60. The normalized spacial score (nSPS) is 16.2. The molecular formula is C17H26N2O5S. The number of anilines is 1. The summed E-state index contributed by atoms with van der Waals surface area (Å²) in [6.07, 6.45) is 4.11. The van der Waals surface area contributed by atoms with Crippen molar-refractivity contribution < 1.29 is 22.7 Å². The fourth-order valence-electron chi connectivity index (χ4n) is 3.14. The van der Waals surface area contributed by atoms with E-state index < -0.39 is 16.1 Å². The molecule has 7 nitrogen and oxygen atoms in total. The van der Waals surface area contributed by atoms with Gasteiger partial charge in [0.25, 0.3) is 0 Å². The lowest BCUT2D eigenvalue weighted by Gasteiger charge is -2.34. The molecule has 25 heavy (non-hydrogen) atoms. The number of carbonyl (C=O) groups is 1. The summed E-state index contributed by atoms with van der Waals surface area (Å²) >= 11 is 0. The third-order valence-electron chi connectivity index (χ3n) is 4.36. The van der Waals surface area contributed by atoms with Gasteiger partial charge in [-0.05, 0) is 38.3 Å².